The zero-order chi connectivity index (χ0) is 22.1. The molecule has 0 bridgehead atoms. The first-order valence-corrected chi connectivity index (χ1v) is 12.2. The molecule has 1 aromatic carbocycles. The molecule has 2 aliphatic heterocycles. The molecule has 31 heavy (non-hydrogen) atoms. The van der Waals surface area contributed by atoms with Crippen LogP contribution in [0.3, 0.4) is 0 Å². The zero-order valence-corrected chi connectivity index (χ0v) is 18.2. The van der Waals surface area contributed by atoms with Gasteiger partial charge in [0.2, 0.25) is 27.7 Å². The van der Waals surface area contributed by atoms with Crippen LogP contribution in [0.4, 0.5) is 0 Å². The second-order valence-corrected chi connectivity index (χ2v) is 10.3. The summed E-state index contributed by atoms with van der Waals surface area (Å²) in [7, 11) is -3.59. The summed E-state index contributed by atoms with van der Waals surface area (Å²) in [6, 6.07) is 9.17. The Morgan fingerprint density at radius 3 is 2.29 bits per heavy atom. The van der Waals surface area contributed by atoms with Crippen molar-refractivity contribution in [3.8, 4) is 0 Å². The summed E-state index contributed by atoms with van der Waals surface area (Å²) >= 11 is 0. The van der Waals surface area contributed by atoms with Crippen LogP contribution in [0.5, 0.6) is 0 Å². The number of rotatable bonds is 5. The lowest BCUT2D eigenvalue weighted by Gasteiger charge is -2.34. The van der Waals surface area contributed by atoms with Crippen molar-refractivity contribution in [2.24, 2.45) is 5.41 Å². The lowest BCUT2D eigenvalue weighted by atomic mass is 9.84. The number of likely N-dealkylation sites (tertiary alicyclic amines) is 1. The highest BCUT2D eigenvalue weighted by Gasteiger charge is 2.53. The molecule has 0 radical (unpaired) electrons. The minimum atomic E-state index is -3.59. The number of carbonyl (C=O) groups excluding carboxylic acids is 3. The molecule has 0 aromatic heterocycles. The maximum atomic E-state index is 12.8. The van der Waals surface area contributed by atoms with E-state index in [1.165, 1.54) is 14.6 Å². The minimum Gasteiger partial charge on any atom is -0.338 e. The monoisotopic (exact) mass is 445 g/mol. The third kappa shape index (κ3) is 4.43. The lowest BCUT2D eigenvalue weighted by molar-refractivity contribution is -0.147. The largest absolute Gasteiger partial charge is 0.338 e. The van der Waals surface area contributed by atoms with E-state index in [-0.39, 0.29) is 56.9 Å². The van der Waals surface area contributed by atoms with Crippen molar-refractivity contribution < 1.29 is 22.8 Å². The third-order valence-electron chi connectivity index (χ3n) is 6.53. The van der Waals surface area contributed by atoms with Gasteiger partial charge >= 0.3 is 0 Å². The molecule has 4 rings (SSSR count). The van der Waals surface area contributed by atoms with Gasteiger partial charge in [0.15, 0.2) is 0 Å². The summed E-state index contributed by atoms with van der Waals surface area (Å²) in [6.45, 7) is 0.579. The van der Waals surface area contributed by atoms with E-state index < -0.39 is 15.4 Å². The fraction of sp³-hybridized carbons (Fsp3) is 0.500. The molecular formula is C22H27N3O5S. The van der Waals surface area contributed by atoms with Crippen molar-refractivity contribution in [3.05, 3.63) is 41.3 Å². The molecule has 3 aliphatic rings. The van der Waals surface area contributed by atoms with E-state index in [4.69, 9.17) is 0 Å². The molecule has 8 nitrogen and oxygen atoms in total. The van der Waals surface area contributed by atoms with Gasteiger partial charge in [-0.15, -0.1) is 0 Å². The molecular weight excluding hydrogens is 418 g/mol. The summed E-state index contributed by atoms with van der Waals surface area (Å²) < 4.78 is 26.5. The molecule has 2 heterocycles. The van der Waals surface area contributed by atoms with Crippen molar-refractivity contribution >= 4 is 33.8 Å². The van der Waals surface area contributed by atoms with Crippen molar-refractivity contribution in [1.29, 1.82) is 0 Å². The fourth-order valence-electron chi connectivity index (χ4n) is 4.70. The molecule has 1 aromatic rings. The molecule has 2 saturated heterocycles. The van der Waals surface area contributed by atoms with Crippen LogP contribution in [0.15, 0.2) is 35.7 Å². The van der Waals surface area contributed by atoms with Crippen molar-refractivity contribution in [3.63, 3.8) is 0 Å². The second kappa shape index (κ2) is 8.55. The van der Waals surface area contributed by atoms with Crippen molar-refractivity contribution in [1.82, 2.24) is 14.1 Å². The summed E-state index contributed by atoms with van der Waals surface area (Å²) in [5.74, 6) is -0.795. The number of amides is 3. The number of hydrogen-bond donors (Lipinski definition) is 0. The van der Waals surface area contributed by atoms with Gasteiger partial charge in [0, 0.05) is 38.0 Å². The van der Waals surface area contributed by atoms with Gasteiger partial charge in [-0.2, -0.15) is 4.31 Å². The minimum absolute atomic E-state index is 0.180. The van der Waals surface area contributed by atoms with Crippen LogP contribution in [-0.4, -0.2) is 73.0 Å². The van der Waals surface area contributed by atoms with Gasteiger partial charge in [0.05, 0.1) is 5.41 Å². The first-order valence-electron chi connectivity index (χ1n) is 10.7. The van der Waals surface area contributed by atoms with Gasteiger partial charge < -0.3 is 4.90 Å². The average Bonchev–Trinajstić information content (AvgIpc) is 3.33. The normalized spacial score (nSPS) is 22.2. The number of nitrogens with zero attached hydrogens (tertiary/aromatic N) is 3. The van der Waals surface area contributed by atoms with E-state index in [1.807, 2.05) is 30.3 Å². The topological polar surface area (TPSA) is 95.1 Å². The van der Waals surface area contributed by atoms with Gasteiger partial charge in [-0.3, -0.25) is 19.3 Å². The summed E-state index contributed by atoms with van der Waals surface area (Å²) in [6.07, 6.45) is 5.08. The van der Waals surface area contributed by atoms with Crippen LogP contribution < -0.4 is 0 Å². The predicted molar refractivity (Wildman–Crippen MR) is 115 cm³/mol. The summed E-state index contributed by atoms with van der Waals surface area (Å²) in [5, 5.41) is 1.18. The number of benzene rings is 1. The van der Waals surface area contributed by atoms with E-state index >= 15 is 0 Å². The van der Waals surface area contributed by atoms with Crippen LogP contribution >= 0.6 is 0 Å². The smallest absolute Gasteiger partial charge is 0.242 e. The zero-order valence-electron chi connectivity index (χ0n) is 17.4. The Kier molecular flexibility index (Phi) is 5.98. The molecule has 9 heteroatoms. The number of sulfonamides is 1. The standard InChI is InChI=1S/C22H27N3O5S/c26-19-16-22(9-4-5-10-22)21(28)25(19)17-20(27)23-11-13-24(14-12-23)31(29,30)15-8-18-6-2-1-3-7-18/h1-3,6-8,15H,4-5,9-14,16-17H2/b15-8+. The lowest BCUT2D eigenvalue weighted by Crippen LogP contribution is -2.52. The van der Waals surface area contributed by atoms with Crippen LogP contribution in [0.1, 0.15) is 37.7 Å². The average molecular weight is 446 g/mol. The fourth-order valence-corrected chi connectivity index (χ4v) is 5.88. The Bertz CT molecular complexity index is 991. The van der Waals surface area contributed by atoms with Crippen LogP contribution in [-0.2, 0) is 24.4 Å². The highest BCUT2D eigenvalue weighted by molar-refractivity contribution is 7.92. The first-order chi connectivity index (χ1) is 14.8. The molecule has 0 unspecified atom stereocenters. The van der Waals surface area contributed by atoms with Crippen molar-refractivity contribution in [2.75, 3.05) is 32.7 Å². The number of imide groups is 1. The SMILES string of the molecule is O=C(CN1C(=O)CC2(CCCC2)C1=O)N1CCN(S(=O)(=O)/C=C/c2ccccc2)CC1. The summed E-state index contributed by atoms with van der Waals surface area (Å²) in [5.41, 5.74) is 0.203. The molecule has 3 fully saturated rings. The Hall–Kier alpha value is -2.52. The van der Waals surface area contributed by atoms with E-state index in [1.54, 1.807) is 6.08 Å². The molecule has 166 valence electrons. The van der Waals surface area contributed by atoms with E-state index in [2.05, 4.69) is 0 Å². The van der Waals surface area contributed by atoms with Crippen molar-refractivity contribution in [2.45, 2.75) is 32.1 Å². The van der Waals surface area contributed by atoms with Gasteiger partial charge in [0.1, 0.15) is 6.54 Å². The Balaban J connectivity index is 1.32. The van der Waals surface area contributed by atoms with E-state index in [0.29, 0.717) is 0 Å². The Labute approximate surface area is 182 Å². The number of hydrogen-bond acceptors (Lipinski definition) is 5. The molecule has 1 aliphatic carbocycles. The Morgan fingerprint density at radius 1 is 1.00 bits per heavy atom. The highest BCUT2D eigenvalue weighted by Crippen LogP contribution is 2.46. The first kappa shape index (κ1) is 21.7. The number of carbonyl (C=O) groups is 3. The predicted octanol–water partition coefficient (Wildman–Crippen LogP) is 1.45. The van der Waals surface area contributed by atoms with Crippen LogP contribution in [0.25, 0.3) is 6.08 Å². The molecule has 1 spiro atoms. The third-order valence-corrected chi connectivity index (χ3v) is 8.09. The van der Waals surface area contributed by atoms with Gasteiger partial charge in [-0.25, -0.2) is 8.42 Å². The molecule has 3 amide bonds. The van der Waals surface area contributed by atoms with Gasteiger partial charge in [0.25, 0.3) is 0 Å². The number of piperazine rings is 1. The molecule has 1 saturated carbocycles. The van der Waals surface area contributed by atoms with E-state index in [0.717, 1.165) is 36.1 Å². The highest BCUT2D eigenvalue weighted by atomic mass is 32.2. The second-order valence-electron chi connectivity index (χ2n) is 8.49. The van der Waals surface area contributed by atoms with Gasteiger partial charge in [-0.05, 0) is 24.5 Å². The quantitative estimate of drug-likeness (QED) is 0.640. The van der Waals surface area contributed by atoms with Gasteiger partial charge in [-0.1, -0.05) is 43.2 Å². The van der Waals surface area contributed by atoms with E-state index in [9.17, 15) is 22.8 Å². The summed E-state index contributed by atoms with van der Waals surface area (Å²) in [4.78, 5) is 40.5. The van der Waals surface area contributed by atoms with Crippen LogP contribution in [0, 0.1) is 5.41 Å². The maximum absolute atomic E-state index is 12.8. The van der Waals surface area contributed by atoms with Crippen LogP contribution in [0.2, 0.25) is 0 Å². The maximum Gasteiger partial charge on any atom is 0.242 e. The molecule has 0 atom stereocenters. The Morgan fingerprint density at radius 2 is 1.65 bits per heavy atom. The molecule has 0 N–H and O–H groups in total.